The third-order valence-corrected chi connectivity index (χ3v) is 5.02. The number of aldehydes is 1. The Balaban J connectivity index is 0.00000102. The van der Waals surface area contributed by atoms with Crippen molar-refractivity contribution in [2.75, 3.05) is 0 Å². The van der Waals surface area contributed by atoms with Crippen LogP contribution in [0.2, 0.25) is 0 Å². The van der Waals surface area contributed by atoms with Gasteiger partial charge in [0.1, 0.15) is 23.7 Å². The van der Waals surface area contributed by atoms with Crippen LogP contribution in [-0.4, -0.2) is 11.3 Å². The number of halogens is 3. The molecule has 1 N–H and O–H groups in total. The molecule has 1 saturated carbocycles. The summed E-state index contributed by atoms with van der Waals surface area (Å²) in [6.45, 7) is 4.00. The number of benzene rings is 2. The van der Waals surface area contributed by atoms with E-state index in [1.165, 1.54) is 18.2 Å². The van der Waals surface area contributed by atoms with Crippen LogP contribution in [-0.2, 0) is 11.2 Å². The summed E-state index contributed by atoms with van der Waals surface area (Å²) in [6, 6.07) is 8.09. The maximum Gasteiger partial charge on any atom is 0.150 e. The van der Waals surface area contributed by atoms with E-state index in [2.05, 4.69) is 4.98 Å². The van der Waals surface area contributed by atoms with Crippen LogP contribution in [0.15, 0.2) is 36.4 Å². The second-order valence-electron chi connectivity index (χ2n) is 6.73. The van der Waals surface area contributed by atoms with E-state index in [4.69, 9.17) is 0 Å². The summed E-state index contributed by atoms with van der Waals surface area (Å²) in [5.74, 6) is -1.25. The van der Waals surface area contributed by atoms with E-state index in [-0.39, 0.29) is 17.3 Å². The van der Waals surface area contributed by atoms with Gasteiger partial charge in [-0.3, -0.25) is 0 Å². The highest BCUT2D eigenvalue weighted by Crippen LogP contribution is 2.40. The predicted molar refractivity (Wildman–Crippen MR) is 101 cm³/mol. The molecule has 4 rings (SSSR count). The van der Waals surface area contributed by atoms with E-state index in [1.54, 1.807) is 12.1 Å². The number of hydrogen-bond acceptors (Lipinski definition) is 1. The summed E-state index contributed by atoms with van der Waals surface area (Å²) >= 11 is 0. The molecule has 0 spiro atoms. The predicted octanol–water partition coefficient (Wildman–Crippen LogP) is 6.05. The molecule has 5 heteroatoms. The van der Waals surface area contributed by atoms with Crippen LogP contribution >= 0.6 is 0 Å². The minimum absolute atomic E-state index is 0.0814. The van der Waals surface area contributed by atoms with E-state index in [1.807, 2.05) is 13.8 Å². The van der Waals surface area contributed by atoms with Crippen molar-refractivity contribution in [1.82, 2.24) is 4.98 Å². The Morgan fingerprint density at radius 3 is 2.33 bits per heavy atom. The second-order valence-corrected chi connectivity index (χ2v) is 6.73. The first-order chi connectivity index (χ1) is 13.0. The molecule has 0 amide bonds. The zero-order valence-electron chi connectivity index (χ0n) is 15.4. The summed E-state index contributed by atoms with van der Waals surface area (Å²) in [6.07, 6.45) is 3.17. The summed E-state index contributed by atoms with van der Waals surface area (Å²) in [7, 11) is 0. The molecule has 1 aliphatic rings. The molecule has 27 heavy (non-hydrogen) atoms. The topological polar surface area (TPSA) is 32.9 Å². The second kappa shape index (κ2) is 7.99. The van der Waals surface area contributed by atoms with Crippen molar-refractivity contribution in [1.29, 1.82) is 0 Å². The standard InChI is InChI=1S/C20H16F3NO.C2H6/c21-14-3-1-13(2-4-14)19-16(7-11-5-12(6-11)10-25)17-8-15(22)9-18(23)20(17)24-19;1-2/h1-4,8-12,24H,5-7H2;1-2H3. The highest BCUT2D eigenvalue weighted by Gasteiger charge is 2.30. The van der Waals surface area contributed by atoms with Crippen LogP contribution in [0.3, 0.4) is 0 Å². The van der Waals surface area contributed by atoms with Gasteiger partial charge in [0.2, 0.25) is 0 Å². The molecule has 0 bridgehead atoms. The normalized spacial score (nSPS) is 18.6. The monoisotopic (exact) mass is 373 g/mol. The zero-order chi connectivity index (χ0) is 19.6. The van der Waals surface area contributed by atoms with Gasteiger partial charge >= 0.3 is 0 Å². The van der Waals surface area contributed by atoms with Gasteiger partial charge in [-0.25, -0.2) is 13.2 Å². The van der Waals surface area contributed by atoms with Crippen LogP contribution in [0.4, 0.5) is 13.2 Å². The van der Waals surface area contributed by atoms with E-state index in [0.717, 1.165) is 36.3 Å². The Morgan fingerprint density at radius 2 is 1.70 bits per heavy atom. The first kappa shape index (κ1) is 19.2. The van der Waals surface area contributed by atoms with Gasteiger partial charge in [0.25, 0.3) is 0 Å². The number of carbonyl (C=O) groups excluding carboxylic acids is 1. The Morgan fingerprint density at radius 1 is 1.04 bits per heavy atom. The molecule has 1 aliphatic carbocycles. The molecular weight excluding hydrogens is 351 g/mol. The van der Waals surface area contributed by atoms with Gasteiger partial charge in [-0.15, -0.1) is 0 Å². The van der Waals surface area contributed by atoms with Crippen molar-refractivity contribution >= 4 is 17.2 Å². The van der Waals surface area contributed by atoms with Crippen molar-refractivity contribution < 1.29 is 18.0 Å². The molecule has 1 aromatic heterocycles. The van der Waals surface area contributed by atoms with Crippen molar-refractivity contribution in [2.24, 2.45) is 11.8 Å². The largest absolute Gasteiger partial charge is 0.352 e. The summed E-state index contributed by atoms with van der Waals surface area (Å²) < 4.78 is 41.2. The Kier molecular flexibility index (Phi) is 5.68. The van der Waals surface area contributed by atoms with Crippen molar-refractivity contribution in [3.8, 4) is 11.3 Å². The van der Waals surface area contributed by atoms with Crippen LogP contribution < -0.4 is 0 Å². The maximum atomic E-state index is 14.2. The van der Waals surface area contributed by atoms with Gasteiger partial charge in [0, 0.05) is 23.1 Å². The molecule has 3 aromatic rings. The van der Waals surface area contributed by atoms with E-state index in [9.17, 15) is 18.0 Å². The quantitative estimate of drug-likeness (QED) is 0.555. The molecule has 0 atom stereocenters. The van der Waals surface area contributed by atoms with Crippen LogP contribution in [0.5, 0.6) is 0 Å². The Labute approximate surface area is 156 Å². The fraction of sp³-hybridized carbons (Fsp3) is 0.318. The number of H-pyrrole nitrogens is 1. The molecule has 0 radical (unpaired) electrons. The highest BCUT2D eigenvalue weighted by molar-refractivity contribution is 5.91. The molecule has 1 heterocycles. The maximum absolute atomic E-state index is 14.2. The molecule has 2 nitrogen and oxygen atoms in total. The zero-order valence-corrected chi connectivity index (χ0v) is 15.4. The van der Waals surface area contributed by atoms with E-state index in [0.29, 0.717) is 23.4 Å². The van der Waals surface area contributed by atoms with Gasteiger partial charge in [-0.05, 0) is 66.6 Å². The lowest BCUT2D eigenvalue weighted by atomic mass is 9.72. The van der Waals surface area contributed by atoms with Crippen LogP contribution in [0, 0.1) is 29.3 Å². The molecule has 0 saturated heterocycles. The lowest BCUT2D eigenvalue weighted by molar-refractivity contribution is -0.114. The fourth-order valence-corrected chi connectivity index (χ4v) is 3.70. The van der Waals surface area contributed by atoms with E-state index < -0.39 is 11.6 Å². The average Bonchev–Trinajstić information content (AvgIpc) is 2.99. The average molecular weight is 373 g/mol. The smallest absolute Gasteiger partial charge is 0.150 e. The lowest BCUT2D eigenvalue weighted by Gasteiger charge is -2.31. The van der Waals surface area contributed by atoms with Crippen LogP contribution in [0.25, 0.3) is 22.2 Å². The number of carbonyl (C=O) groups is 1. The third-order valence-electron chi connectivity index (χ3n) is 5.02. The van der Waals surface area contributed by atoms with Gasteiger partial charge in [-0.1, -0.05) is 13.8 Å². The van der Waals surface area contributed by atoms with Gasteiger partial charge in [-0.2, -0.15) is 0 Å². The fourth-order valence-electron chi connectivity index (χ4n) is 3.70. The van der Waals surface area contributed by atoms with Crippen molar-refractivity contribution in [3.05, 3.63) is 59.4 Å². The van der Waals surface area contributed by atoms with Gasteiger partial charge in [0.15, 0.2) is 0 Å². The number of fused-ring (bicyclic) bond motifs is 1. The van der Waals surface area contributed by atoms with Gasteiger partial charge in [0.05, 0.1) is 5.52 Å². The molecule has 0 aliphatic heterocycles. The Hall–Kier alpha value is -2.56. The number of rotatable bonds is 4. The number of aromatic nitrogens is 1. The molecule has 2 aromatic carbocycles. The number of hydrogen-bond donors (Lipinski definition) is 1. The third kappa shape index (κ3) is 3.77. The highest BCUT2D eigenvalue weighted by atomic mass is 19.1. The molecular formula is C22H22F3NO. The first-order valence-electron chi connectivity index (χ1n) is 9.26. The van der Waals surface area contributed by atoms with Crippen LogP contribution in [0.1, 0.15) is 32.3 Å². The minimum Gasteiger partial charge on any atom is -0.352 e. The summed E-state index contributed by atoms with van der Waals surface area (Å²) in [4.78, 5) is 13.9. The summed E-state index contributed by atoms with van der Waals surface area (Å²) in [5, 5.41) is 0.506. The van der Waals surface area contributed by atoms with E-state index >= 15 is 0 Å². The first-order valence-corrected chi connectivity index (χ1v) is 9.26. The van der Waals surface area contributed by atoms with Crippen molar-refractivity contribution in [3.63, 3.8) is 0 Å². The molecule has 142 valence electrons. The van der Waals surface area contributed by atoms with Crippen molar-refractivity contribution in [2.45, 2.75) is 33.1 Å². The molecule has 1 fully saturated rings. The minimum atomic E-state index is -0.649. The Bertz CT molecular complexity index is 940. The summed E-state index contributed by atoms with van der Waals surface area (Å²) in [5.41, 5.74) is 2.46. The molecule has 0 unspecified atom stereocenters. The lowest BCUT2D eigenvalue weighted by Crippen LogP contribution is -2.26. The van der Waals surface area contributed by atoms with Gasteiger partial charge < -0.3 is 9.78 Å². The number of aromatic amines is 1. The number of nitrogens with one attached hydrogen (secondary N) is 1. The SMILES string of the molecule is CC.O=CC1CC(Cc2c(-c3ccc(F)cc3)[nH]c3c(F)cc(F)cc23)C1.